The highest BCUT2D eigenvalue weighted by Gasteiger charge is 2.35. The molecule has 11 rings (SSSR count). The Morgan fingerprint density at radius 2 is 0.787 bits per heavy atom. The van der Waals surface area contributed by atoms with Crippen molar-refractivity contribution < 1.29 is 0 Å². The summed E-state index contributed by atoms with van der Waals surface area (Å²) in [7, 11) is 0. The third kappa shape index (κ3) is 6.61. The second-order valence-corrected chi connectivity index (χ2v) is 16.4. The fourth-order valence-corrected chi connectivity index (χ4v) is 9.06. The Labute approximate surface area is 356 Å². The number of hydrogen-bond acceptors (Lipinski definition) is 3. The number of benzene rings is 8. The third-order valence-electron chi connectivity index (χ3n) is 12.3. The van der Waals surface area contributed by atoms with Gasteiger partial charge < -0.3 is 0 Å². The first-order valence-electron chi connectivity index (χ1n) is 20.9. The molecule has 8 aromatic carbocycles. The Morgan fingerprint density at radius 3 is 1.46 bits per heavy atom. The van der Waals surface area contributed by atoms with Crippen LogP contribution in [0.2, 0.25) is 0 Å². The Bertz CT molecular complexity index is 3240. The molecule has 10 aromatic rings. The molecule has 3 heteroatoms. The van der Waals surface area contributed by atoms with Crippen molar-refractivity contribution in [1.82, 2.24) is 15.0 Å². The van der Waals surface area contributed by atoms with E-state index in [1.54, 1.807) is 0 Å². The van der Waals surface area contributed by atoms with E-state index >= 15 is 0 Å². The van der Waals surface area contributed by atoms with E-state index in [9.17, 15) is 0 Å². The smallest absolute Gasteiger partial charge is 0.160 e. The molecule has 0 saturated heterocycles. The Kier molecular flexibility index (Phi) is 8.82. The Morgan fingerprint density at radius 1 is 0.295 bits per heavy atom. The minimum absolute atomic E-state index is 0.111. The predicted octanol–water partition coefficient (Wildman–Crippen LogP) is 15.0. The van der Waals surface area contributed by atoms with Crippen LogP contribution in [-0.2, 0) is 5.41 Å². The first kappa shape index (κ1) is 36.3. The molecule has 0 radical (unpaired) electrons. The van der Waals surface area contributed by atoms with Crippen molar-refractivity contribution in [3.63, 3.8) is 0 Å². The molecule has 2 aromatic heterocycles. The van der Waals surface area contributed by atoms with Crippen LogP contribution in [0.25, 0.3) is 101 Å². The highest BCUT2D eigenvalue weighted by Crippen LogP contribution is 2.50. The molecule has 3 nitrogen and oxygen atoms in total. The van der Waals surface area contributed by atoms with E-state index < -0.39 is 0 Å². The van der Waals surface area contributed by atoms with Crippen molar-refractivity contribution in [2.24, 2.45) is 0 Å². The summed E-state index contributed by atoms with van der Waals surface area (Å²) in [5.74, 6) is 0.691. The fourth-order valence-electron chi connectivity index (χ4n) is 9.06. The van der Waals surface area contributed by atoms with Gasteiger partial charge in [0.1, 0.15) is 0 Å². The summed E-state index contributed by atoms with van der Waals surface area (Å²) in [5.41, 5.74) is 20.0. The van der Waals surface area contributed by atoms with Crippen molar-refractivity contribution >= 4 is 10.9 Å². The summed E-state index contributed by atoms with van der Waals surface area (Å²) in [4.78, 5) is 15.6. The summed E-state index contributed by atoms with van der Waals surface area (Å²) in [6, 6.07) is 75.5. The van der Waals surface area contributed by atoms with E-state index in [0.717, 1.165) is 72.5 Å². The number of pyridine rings is 1. The quantitative estimate of drug-likeness (QED) is 0.162. The van der Waals surface area contributed by atoms with Gasteiger partial charge in [0.05, 0.1) is 22.6 Å². The van der Waals surface area contributed by atoms with E-state index in [1.165, 1.54) is 33.4 Å². The first-order chi connectivity index (χ1) is 30.0. The van der Waals surface area contributed by atoms with Crippen LogP contribution in [0.1, 0.15) is 25.0 Å². The van der Waals surface area contributed by atoms with Gasteiger partial charge in [-0.1, -0.05) is 190 Å². The largest absolute Gasteiger partial charge is 0.248 e. The third-order valence-corrected chi connectivity index (χ3v) is 12.3. The molecule has 0 spiro atoms. The lowest BCUT2D eigenvalue weighted by molar-refractivity contribution is 0.661. The summed E-state index contributed by atoms with van der Waals surface area (Å²) in [6.07, 6.45) is 0. The highest BCUT2D eigenvalue weighted by molar-refractivity contribution is 6.02. The van der Waals surface area contributed by atoms with Crippen LogP contribution in [0.5, 0.6) is 0 Å². The molecular formula is C58H41N3. The zero-order valence-corrected chi connectivity index (χ0v) is 34.0. The van der Waals surface area contributed by atoms with Crippen LogP contribution in [0.15, 0.2) is 212 Å². The standard InChI is InChI=1S/C58H41N3/c1-58(2)51-27-13-12-26-47(51)49-34-50-48(35-53(40-18-8-4-9-19-40)59-56(50)36-52(49)58)45-24-14-22-43(32-45)39-28-30-42(31-29-39)57-60-54(41-20-10-5-11-21-41)37-55(61-57)46-25-15-23-44(33-46)38-16-6-3-7-17-38/h3-37H,1-2H3. The molecule has 0 N–H and O–H groups in total. The first-order valence-corrected chi connectivity index (χ1v) is 20.9. The van der Waals surface area contributed by atoms with E-state index in [1.807, 2.05) is 12.1 Å². The number of aromatic nitrogens is 3. The van der Waals surface area contributed by atoms with Crippen molar-refractivity contribution in [3.05, 3.63) is 223 Å². The normalized spacial score (nSPS) is 12.6. The molecule has 2 heterocycles. The van der Waals surface area contributed by atoms with Crippen LogP contribution in [0.4, 0.5) is 0 Å². The summed E-state index contributed by atoms with van der Waals surface area (Å²) in [5, 5.41) is 1.15. The number of rotatable bonds is 7. The van der Waals surface area contributed by atoms with Crippen LogP contribution < -0.4 is 0 Å². The topological polar surface area (TPSA) is 38.7 Å². The zero-order chi connectivity index (χ0) is 40.9. The van der Waals surface area contributed by atoms with Crippen molar-refractivity contribution in [2.75, 3.05) is 0 Å². The van der Waals surface area contributed by atoms with Crippen molar-refractivity contribution in [2.45, 2.75) is 19.3 Å². The van der Waals surface area contributed by atoms with E-state index in [-0.39, 0.29) is 5.41 Å². The fraction of sp³-hybridized carbons (Fsp3) is 0.0517. The zero-order valence-electron chi connectivity index (χ0n) is 34.0. The van der Waals surface area contributed by atoms with Gasteiger partial charge >= 0.3 is 0 Å². The molecule has 0 atom stereocenters. The Hall–Kier alpha value is -7.75. The minimum Gasteiger partial charge on any atom is -0.248 e. The molecule has 288 valence electrons. The average Bonchev–Trinajstić information content (AvgIpc) is 3.56. The molecule has 0 unspecified atom stereocenters. The number of fused-ring (bicyclic) bond motifs is 4. The minimum atomic E-state index is -0.111. The van der Waals surface area contributed by atoms with Crippen LogP contribution >= 0.6 is 0 Å². The molecule has 0 bridgehead atoms. The lowest BCUT2D eigenvalue weighted by Crippen LogP contribution is -2.14. The predicted molar refractivity (Wildman–Crippen MR) is 253 cm³/mol. The molecule has 0 amide bonds. The molecule has 0 aliphatic heterocycles. The molecule has 61 heavy (non-hydrogen) atoms. The Balaban J connectivity index is 0.994. The summed E-state index contributed by atoms with van der Waals surface area (Å²) in [6.45, 7) is 4.66. The maximum Gasteiger partial charge on any atom is 0.160 e. The van der Waals surface area contributed by atoms with Crippen molar-refractivity contribution in [3.8, 4) is 89.7 Å². The van der Waals surface area contributed by atoms with Gasteiger partial charge in [0.15, 0.2) is 5.82 Å². The second kappa shape index (κ2) is 14.8. The van der Waals surface area contributed by atoms with Crippen LogP contribution in [-0.4, -0.2) is 15.0 Å². The van der Waals surface area contributed by atoms with Crippen LogP contribution in [0.3, 0.4) is 0 Å². The van der Waals surface area contributed by atoms with Gasteiger partial charge in [-0.2, -0.15) is 0 Å². The molecule has 1 aliphatic rings. The van der Waals surface area contributed by atoms with Gasteiger partial charge in [0.2, 0.25) is 0 Å². The van der Waals surface area contributed by atoms with Gasteiger partial charge in [-0.15, -0.1) is 0 Å². The average molecular weight is 780 g/mol. The van der Waals surface area contributed by atoms with E-state index in [2.05, 4.69) is 214 Å². The highest BCUT2D eigenvalue weighted by atomic mass is 14.9. The van der Waals surface area contributed by atoms with Gasteiger partial charge in [-0.25, -0.2) is 15.0 Å². The molecule has 0 saturated carbocycles. The van der Waals surface area contributed by atoms with Gasteiger partial charge in [-0.05, 0) is 92.0 Å². The van der Waals surface area contributed by atoms with E-state index in [4.69, 9.17) is 15.0 Å². The van der Waals surface area contributed by atoms with E-state index in [0.29, 0.717) is 5.82 Å². The van der Waals surface area contributed by atoms with Crippen LogP contribution in [0, 0.1) is 0 Å². The summed E-state index contributed by atoms with van der Waals surface area (Å²) >= 11 is 0. The maximum absolute atomic E-state index is 5.31. The second-order valence-electron chi connectivity index (χ2n) is 16.4. The molecule has 1 aliphatic carbocycles. The maximum atomic E-state index is 5.31. The van der Waals surface area contributed by atoms with Gasteiger partial charge in [0.25, 0.3) is 0 Å². The lowest BCUT2D eigenvalue weighted by Gasteiger charge is -2.22. The number of nitrogens with zero attached hydrogens (tertiary/aromatic N) is 3. The summed E-state index contributed by atoms with van der Waals surface area (Å²) < 4.78 is 0. The van der Waals surface area contributed by atoms with Gasteiger partial charge in [-0.3, -0.25) is 0 Å². The molecule has 0 fully saturated rings. The monoisotopic (exact) mass is 779 g/mol. The van der Waals surface area contributed by atoms with Crippen molar-refractivity contribution in [1.29, 1.82) is 0 Å². The number of hydrogen-bond donors (Lipinski definition) is 0. The lowest BCUT2D eigenvalue weighted by atomic mass is 9.82. The van der Waals surface area contributed by atoms with Gasteiger partial charge in [0, 0.05) is 33.1 Å². The SMILES string of the molecule is CC1(C)c2ccccc2-c2cc3c(-c4cccc(-c5ccc(-c6nc(-c7ccccc7)cc(-c7cccc(-c8ccccc8)c7)n6)cc5)c4)cc(-c4ccccc4)nc3cc21. The molecular weight excluding hydrogens is 739 g/mol.